The van der Waals surface area contributed by atoms with Gasteiger partial charge in [0.2, 0.25) is 0 Å². The number of benzene rings is 2. The van der Waals surface area contributed by atoms with Crippen LogP contribution in [0.1, 0.15) is 23.7 Å². The summed E-state index contributed by atoms with van der Waals surface area (Å²) in [5.41, 5.74) is 0.567. The summed E-state index contributed by atoms with van der Waals surface area (Å²) in [5.74, 6) is 0.746. The molecule has 2 aromatic carbocycles. The van der Waals surface area contributed by atoms with Crippen molar-refractivity contribution >= 4 is 5.78 Å². The van der Waals surface area contributed by atoms with E-state index in [2.05, 4.69) is 0 Å². The standard InChI is InChI=1S/C10H12O3.C6H6O/c1-3-8(11)7-4-5-9(12)10(6-7)13-2;7-6-4-2-1-3-5-6/h4-6,12H,3H2,1-2H3;1-5,7H. The predicted octanol–water partition coefficient (Wildman–Crippen LogP) is 3.39. The number of rotatable bonds is 3. The van der Waals surface area contributed by atoms with E-state index in [0.717, 1.165) is 0 Å². The van der Waals surface area contributed by atoms with Gasteiger partial charge in [0.1, 0.15) is 5.75 Å². The highest BCUT2D eigenvalue weighted by Gasteiger charge is 2.07. The van der Waals surface area contributed by atoms with E-state index in [1.807, 2.05) is 6.07 Å². The third kappa shape index (κ3) is 4.65. The average molecular weight is 274 g/mol. The molecule has 0 heterocycles. The molecule has 2 N–H and O–H groups in total. The fraction of sp³-hybridized carbons (Fsp3) is 0.188. The van der Waals surface area contributed by atoms with Crippen LogP contribution in [0.25, 0.3) is 0 Å². The molecule has 4 nitrogen and oxygen atoms in total. The van der Waals surface area contributed by atoms with E-state index in [9.17, 15) is 9.90 Å². The minimum atomic E-state index is 0.0401. The molecular weight excluding hydrogens is 256 g/mol. The quantitative estimate of drug-likeness (QED) is 0.842. The minimum absolute atomic E-state index is 0.0401. The van der Waals surface area contributed by atoms with E-state index in [-0.39, 0.29) is 11.5 Å². The van der Waals surface area contributed by atoms with Crippen LogP contribution in [0.5, 0.6) is 17.2 Å². The topological polar surface area (TPSA) is 66.8 Å². The van der Waals surface area contributed by atoms with Crippen molar-refractivity contribution in [2.24, 2.45) is 0 Å². The van der Waals surface area contributed by atoms with Crippen molar-refractivity contribution in [3.8, 4) is 17.2 Å². The first kappa shape index (κ1) is 15.6. The molecule has 0 aliphatic rings. The third-order valence-electron chi connectivity index (χ3n) is 2.58. The highest BCUT2D eigenvalue weighted by Crippen LogP contribution is 2.26. The first-order valence-corrected chi connectivity index (χ1v) is 6.22. The Balaban J connectivity index is 0.000000240. The number of phenolic OH excluding ortho intramolecular Hbond substituents is 2. The highest BCUT2D eigenvalue weighted by atomic mass is 16.5. The van der Waals surface area contributed by atoms with Crippen LogP contribution in [0.15, 0.2) is 48.5 Å². The fourth-order valence-electron chi connectivity index (χ4n) is 1.48. The van der Waals surface area contributed by atoms with E-state index in [1.165, 1.54) is 13.2 Å². The first-order valence-electron chi connectivity index (χ1n) is 6.22. The Morgan fingerprint density at radius 1 is 1.10 bits per heavy atom. The number of hydrogen-bond acceptors (Lipinski definition) is 4. The molecule has 20 heavy (non-hydrogen) atoms. The fourth-order valence-corrected chi connectivity index (χ4v) is 1.48. The van der Waals surface area contributed by atoms with Gasteiger partial charge >= 0.3 is 0 Å². The lowest BCUT2D eigenvalue weighted by Crippen LogP contribution is -1.96. The predicted molar refractivity (Wildman–Crippen MR) is 77.4 cm³/mol. The molecule has 0 bridgehead atoms. The van der Waals surface area contributed by atoms with Crippen molar-refractivity contribution in [2.75, 3.05) is 7.11 Å². The van der Waals surface area contributed by atoms with Gasteiger partial charge in [0.15, 0.2) is 17.3 Å². The summed E-state index contributed by atoms with van der Waals surface area (Å²) in [6, 6.07) is 13.3. The number of ether oxygens (including phenoxy) is 1. The zero-order valence-corrected chi connectivity index (χ0v) is 11.5. The van der Waals surface area contributed by atoms with Crippen LogP contribution < -0.4 is 4.74 Å². The Morgan fingerprint density at radius 2 is 1.75 bits per heavy atom. The van der Waals surface area contributed by atoms with Crippen molar-refractivity contribution < 1.29 is 19.7 Å². The van der Waals surface area contributed by atoms with Gasteiger partial charge in [-0.15, -0.1) is 0 Å². The Hall–Kier alpha value is -2.49. The van der Waals surface area contributed by atoms with Gasteiger partial charge < -0.3 is 14.9 Å². The van der Waals surface area contributed by atoms with Crippen molar-refractivity contribution in [3.63, 3.8) is 0 Å². The Morgan fingerprint density at radius 3 is 2.20 bits per heavy atom. The van der Waals surface area contributed by atoms with Crippen LogP contribution in [-0.2, 0) is 0 Å². The van der Waals surface area contributed by atoms with E-state index < -0.39 is 0 Å². The maximum atomic E-state index is 11.3. The second-order valence-corrected chi connectivity index (χ2v) is 4.00. The SMILES string of the molecule is CCC(=O)c1ccc(O)c(OC)c1.Oc1ccccc1. The van der Waals surface area contributed by atoms with Crippen LogP contribution in [0.4, 0.5) is 0 Å². The second-order valence-electron chi connectivity index (χ2n) is 4.00. The molecule has 0 aromatic heterocycles. The van der Waals surface area contributed by atoms with Crippen molar-refractivity contribution in [1.82, 2.24) is 0 Å². The largest absolute Gasteiger partial charge is 0.508 e. The number of carbonyl (C=O) groups is 1. The maximum absolute atomic E-state index is 11.3. The average Bonchev–Trinajstić information content (AvgIpc) is 2.48. The van der Waals surface area contributed by atoms with E-state index in [4.69, 9.17) is 9.84 Å². The summed E-state index contributed by atoms with van der Waals surface area (Å²) in [6.45, 7) is 1.79. The van der Waals surface area contributed by atoms with Crippen LogP contribution in [-0.4, -0.2) is 23.1 Å². The summed E-state index contributed by atoms with van der Waals surface area (Å²) < 4.78 is 4.88. The Labute approximate surface area is 118 Å². The van der Waals surface area contributed by atoms with E-state index in [0.29, 0.717) is 23.5 Å². The summed E-state index contributed by atoms with van der Waals surface area (Å²) in [6.07, 6.45) is 0.452. The molecule has 0 spiro atoms. The first-order chi connectivity index (χ1) is 9.58. The van der Waals surface area contributed by atoms with Crippen LogP contribution in [0, 0.1) is 0 Å². The van der Waals surface area contributed by atoms with E-state index >= 15 is 0 Å². The van der Waals surface area contributed by atoms with Gasteiger partial charge in [-0.3, -0.25) is 4.79 Å². The number of Topliss-reactive ketones (excluding diaryl/α,β-unsaturated/α-hetero) is 1. The number of hydrogen-bond donors (Lipinski definition) is 2. The molecular formula is C16H18O4. The van der Waals surface area contributed by atoms with Gasteiger partial charge in [0, 0.05) is 12.0 Å². The molecule has 106 valence electrons. The minimum Gasteiger partial charge on any atom is -0.508 e. The van der Waals surface area contributed by atoms with Gasteiger partial charge in [-0.05, 0) is 30.3 Å². The van der Waals surface area contributed by atoms with Crippen molar-refractivity contribution in [3.05, 3.63) is 54.1 Å². The molecule has 0 aliphatic carbocycles. The lowest BCUT2D eigenvalue weighted by molar-refractivity contribution is 0.0988. The van der Waals surface area contributed by atoms with Gasteiger partial charge in [0.05, 0.1) is 7.11 Å². The molecule has 0 fully saturated rings. The molecule has 0 aliphatic heterocycles. The molecule has 0 saturated carbocycles. The van der Waals surface area contributed by atoms with Gasteiger partial charge in [-0.1, -0.05) is 25.1 Å². The van der Waals surface area contributed by atoms with Gasteiger partial charge in [-0.25, -0.2) is 0 Å². The molecule has 0 atom stereocenters. The monoisotopic (exact) mass is 274 g/mol. The summed E-state index contributed by atoms with van der Waals surface area (Å²) in [4.78, 5) is 11.3. The Kier molecular flexibility index (Phi) is 6.10. The zero-order valence-electron chi connectivity index (χ0n) is 11.5. The maximum Gasteiger partial charge on any atom is 0.162 e. The normalized spacial score (nSPS) is 9.30. The third-order valence-corrected chi connectivity index (χ3v) is 2.58. The van der Waals surface area contributed by atoms with Crippen LogP contribution in [0.2, 0.25) is 0 Å². The summed E-state index contributed by atoms with van der Waals surface area (Å²) in [5, 5.41) is 17.9. The molecule has 4 heteroatoms. The van der Waals surface area contributed by atoms with E-state index in [1.54, 1.807) is 43.3 Å². The molecule has 0 unspecified atom stereocenters. The highest BCUT2D eigenvalue weighted by molar-refractivity contribution is 5.96. The molecule has 0 radical (unpaired) electrons. The lowest BCUT2D eigenvalue weighted by Gasteiger charge is -2.04. The van der Waals surface area contributed by atoms with Crippen LogP contribution >= 0.6 is 0 Å². The Bertz CT molecular complexity index is 550. The molecule has 2 rings (SSSR count). The number of aromatic hydroxyl groups is 2. The second kappa shape index (κ2) is 7.84. The lowest BCUT2D eigenvalue weighted by atomic mass is 10.1. The van der Waals surface area contributed by atoms with Crippen LogP contribution in [0.3, 0.4) is 0 Å². The van der Waals surface area contributed by atoms with Crippen molar-refractivity contribution in [2.45, 2.75) is 13.3 Å². The molecule has 0 amide bonds. The molecule has 0 saturated heterocycles. The van der Waals surface area contributed by atoms with Gasteiger partial charge in [-0.2, -0.15) is 0 Å². The number of para-hydroxylation sites is 1. The van der Waals surface area contributed by atoms with Gasteiger partial charge in [0.25, 0.3) is 0 Å². The number of methoxy groups -OCH3 is 1. The number of ketones is 1. The summed E-state index contributed by atoms with van der Waals surface area (Å²) in [7, 11) is 1.45. The number of carbonyl (C=O) groups excluding carboxylic acids is 1. The smallest absolute Gasteiger partial charge is 0.162 e. The number of phenols is 2. The summed E-state index contributed by atoms with van der Waals surface area (Å²) >= 11 is 0. The molecule has 2 aromatic rings. The van der Waals surface area contributed by atoms with Crippen molar-refractivity contribution in [1.29, 1.82) is 0 Å². The zero-order chi connectivity index (χ0) is 15.0.